The first-order valence-corrected chi connectivity index (χ1v) is 11.0. The Morgan fingerprint density at radius 3 is 2.81 bits per heavy atom. The Hall–Kier alpha value is -2.84. The van der Waals surface area contributed by atoms with Gasteiger partial charge in [0.25, 0.3) is 0 Å². The number of carbonyl (C=O) groups excluding carboxylic acids is 2. The SMILES string of the molecule is COc1ccc(CCN2CC(C(=O)Nc3nc4ccc(Cl)cc4s3)CC2=O)cc1OC. The van der Waals surface area contributed by atoms with Crippen LogP contribution in [0, 0.1) is 5.92 Å². The number of hydrogen-bond acceptors (Lipinski definition) is 6. The van der Waals surface area contributed by atoms with Gasteiger partial charge in [0.05, 0.1) is 30.4 Å². The minimum atomic E-state index is -0.395. The minimum Gasteiger partial charge on any atom is -0.493 e. The molecule has 7 nitrogen and oxygen atoms in total. The van der Waals surface area contributed by atoms with Gasteiger partial charge in [0.15, 0.2) is 16.6 Å². The van der Waals surface area contributed by atoms with E-state index in [0.29, 0.717) is 41.2 Å². The molecule has 0 aliphatic carbocycles. The molecule has 0 radical (unpaired) electrons. The molecule has 1 unspecified atom stereocenters. The van der Waals surface area contributed by atoms with Crippen molar-refractivity contribution in [1.29, 1.82) is 0 Å². The van der Waals surface area contributed by atoms with E-state index >= 15 is 0 Å². The van der Waals surface area contributed by atoms with Gasteiger partial charge in [-0.05, 0) is 42.3 Å². The molecule has 9 heteroatoms. The molecule has 1 aliphatic rings. The smallest absolute Gasteiger partial charge is 0.231 e. The van der Waals surface area contributed by atoms with Crippen molar-refractivity contribution in [1.82, 2.24) is 9.88 Å². The van der Waals surface area contributed by atoms with E-state index in [0.717, 1.165) is 15.8 Å². The third-order valence-corrected chi connectivity index (χ3v) is 6.45. The second-order valence-electron chi connectivity index (χ2n) is 7.30. The number of fused-ring (bicyclic) bond motifs is 1. The Morgan fingerprint density at radius 2 is 2.03 bits per heavy atom. The molecule has 1 saturated heterocycles. The third-order valence-electron chi connectivity index (χ3n) is 5.28. The summed E-state index contributed by atoms with van der Waals surface area (Å²) in [6.45, 7) is 0.937. The average Bonchev–Trinajstić information content (AvgIpc) is 3.34. The topological polar surface area (TPSA) is 80.8 Å². The van der Waals surface area contributed by atoms with Gasteiger partial charge in [-0.25, -0.2) is 4.98 Å². The predicted octanol–water partition coefficient (Wildman–Crippen LogP) is 4.00. The lowest BCUT2D eigenvalue weighted by atomic mass is 10.1. The molecular formula is C22H22ClN3O4S. The van der Waals surface area contributed by atoms with E-state index in [-0.39, 0.29) is 18.2 Å². The number of rotatable bonds is 7. The second kappa shape index (κ2) is 9.11. The van der Waals surface area contributed by atoms with Crippen molar-refractivity contribution in [3.63, 3.8) is 0 Å². The Bertz CT molecular complexity index is 1130. The Labute approximate surface area is 188 Å². The van der Waals surface area contributed by atoms with Crippen LogP contribution in [0.2, 0.25) is 5.02 Å². The zero-order chi connectivity index (χ0) is 22.0. The van der Waals surface area contributed by atoms with Crippen LogP contribution in [0.4, 0.5) is 5.13 Å². The molecule has 31 heavy (non-hydrogen) atoms. The van der Waals surface area contributed by atoms with E-state index in [9.17, 15) is 9.59 Å². The number of thiazole rings is 1. The first-order valence-electron chi connectivity index (χ1n) is 9.82. The van der Waals surface area contributed by atoms with Crippen LogP contribution in [-0.2, 0) is 16.0 Å². The first-order chi connectivity index (χ1) is 15.0. The van der Waals surface area contributed by atoms with Crippen LogP contribution in [0.1, 0.15) is 12.0 Å². The van der Waals surface area contributed by atoms with Gasteiger partial charge in [-0.15, -0.1) is 0 Å². The van der Waals surface area contributed by atoms with Crippen molar-refractivity contribution in [3.8, 4) is 11.5 Å². The summed E-state index contributed by atoms with van der Waals surface area (Å²) in [4.78, 5) is 31.3. The molecule has 3 aromatic rings. The third kappa shape index (κ3) is 4.75. The molecule has 1 fully saturated rings. The fraction of sp³-hybridized carbons (Fsp3) is 0.318. The predicted molar refractivity (Wildman–Crippen MR) is 121 cm³/mol. The molecule has 1 aliphatic heterocycles. The number of hydrogen-bond donors (Lipinski definition) is 1. The van der Waals surface area contributed by atoms with Gasteiger partial charge in [-0.2, -0.15) is 0 Å². The van der Waals surface area contributed by atoms with E-state index in [2.05, 4.69) is 10.3 Å². The maximum absolute atomic E-state index is 12.7. The van der Waals surface area contributed by atoms with Gasteiger partial charge < -0.3 is 19.7 Å². The quantitative estimate of drug-likeness (QED) is 0.577. The van der Waals surface area contributed by atoms with Gasteiger partial charge in [0.1, 0.15) is 0 Å². The zero-order valence-corrected chi connectivity index (χ0v) is 18.8. The molecule has 1 aromatic heterocycles. The lowest BCUT2D eigenvalue weighted by Crippen LogP contribution is -2.30. The Kier molecular flexibility index (Phi) is 6.29. The summed E-state index contributed by atoms with van der Waals surface area (Å²) in [5.74, 6) is 0.719. The number of ether oxygens (including phenoxy) is 2. The van der Waals surface area contributed by atoms with E-state index in [4.69, 9.17) is 21.1 Å². The number of nitrogens with one attached hydrogen (secondary N) is 1. The molecule has 1 N–H and O–H groups in total. The first kappa shape index (κ1) is 21.4. The van der Waals surface area contributed by atoms with Crippen molar-refractivity contribution < 1.29 is 19.1 Å². The second-order valence-corrected chi connectivity index (χ2v) is 8.77. The summed E-state index contributed by atoms with van der Waals surface area (Å²) in [6, 6.07) is 11.1. The fourth-order valence-corrected chi connectivity index (χ4v) is 4.77. The normalized spacial score (nSPS) is 16.0. The minimum absolute atomic E-state index is 0.0169. The summed E-state index contributed by atoms with van der Waals surface area (Å²) in [6.07, 6.45) is 0.869. The molecule has 162 valence electrons. The van der Waals surface area contributed by atoms with Crippen LogP contribution >= 0.6 is 22.9 Å². The number of aromatic nitrogens is 1. The summed E-state index contributed by atoms with van der Waals surface area (Å²) in [5.41, 5.74) is 1.82. The highest BCUT2D eigenvalue weighted by molar-refractivity contribution is 7.22. The number of nitrogens with zero attached hydrogens (tertiary/aromatic N) is 2. The van der Waals surface area contributed by atoms with Crippen molar-refractivity contribution in [2.24, 2.45) is 5.92 Å². The molecule has 0 saturated carbocycles. The lowest BCUT2D eigenvalue weighted by Gasteiger charge is -2.17. The monoisotopic (exact) mass is 459 g/mol. The van der Waals surface area contributed by atoms with Crippen molar-refractivity contribution in [2.75, 3.05) is 32.6 Å². The van der Waals surface area contributed by atoms with Crippen molar-refractivity contribution in [3.05, 3.63) is 47.0 Å². The number of carbonyl (C=O) groups is 2. The number of anilines is 1. The molecule has 0 spiro atoms. The fourth-order valence-electron chi connectivity index (χ4n) is 3.62. The summed E-state index contributed by atoms with van der Waals surface area (Å²) < 4.78 is 11.5. The van der Waals surface area contributed by atoms with Crippen LogP contribution in [-0.4, -0.2) is 49.0 Å². The highest BCUT2D eigenvalue weighted by atomic mass is 35.5. The number of amides is 2. The molecule has 2 aromatic carbocycles. The van der Waals surface area contributed by atoms with Gasteiger partial charge in [-0.1, -0.05) is 29.0 Å². The largest absolute Gasteiger partial charge is 0.493 e. The van der Waals surface area contributed by atoms with Gasteiger partial charge in [-0.3, -0.25) is 9.59 Å². The van der Waals surface area contributed by atoms with E-state index in [1.165, 1.54) is 11.3 Å². The van der Waals surface area contributed by atoms with E-state index < -0.39 is 5.92 Å². The Balaban J connectivity index is 1.35. The molecule has 1 atom stereocenters. The molecular weight excluding hydrogens is 438 g/mol. The summed E-state index contributed by atoms with van der Waals surface area (Å²) >= 11 is 7.38. The van der Waals surface area contributed by atoms with E-state index in [1.807, 2.05) is 30.3 Å². The van der Waals surface area contributed by atoms with Crippen LogP contribution in [0.5, 0.6) is 11.5 Å². The van der Waals surface area contributed by atoms with Crippen LogP contribution in [0.3, 0.4) is 0 Å². The van der Waals surface area contributed by atoms with Crippen molar-refractivity contribution in [2.45, 2.75) is 12.8 Å². The molecule has 2 amide bonds. The average molecular weight is 460 g/mol. The van der Waals surface area contributed by atoms with Crippen LogP contribution < -0.4 is 14.8 Å². The maximum Gasteiger partial charge on any atom is 0.231 e. The highest BCUT2D eigenvalue weighted by Crippen LogP contribution is 2.30. The van der Waals surface area contributed by atoms with Crippen molar-refractivity contribution >= 4 is 50.1 Å². The van der Waals surface area contributed by atoms with Crippen LogP contribution in [0.15, 0.2) is 36.4 Å². The lowest BCUT2D eigenvalue weighted by molar-refractivity contribution is -0.128. The number of halogens is 1. The van der Waals surface area contributed by atoms with Gasteiger partial charge in [0, 0.05) is 24.5 Å². The van der Waals surface area contributed by atoms with Gasteiger partial charge >= 0.3 is 0 Å². The zero-order valence-electron chi connectivity index (χ0n) is 17.2. The summed E-state index contributed by atoms with van der Waals surface area (Å²) in [7, 11) is 3.18. The number of benzene rings is 2. The molecule has 0 bridgehead atoms. The van der Waals surface area contributed by atoms with Gasteiger partial charge in [0.2, 0.25) is 11.8 Å². The molecule has 4 rings (SSSR count). The van der Waals surface area contributed by atoms with Crippen LogP contribution in [0.25, 0.3) is 10.2 Å². The summed E-state index contributed by atoms with van der Waals surface area (Å²) in [5, 5.41) is 3.99. The highest BCUT2D eigenvalue weighted by Gasteiger charge is 2.34. The molecule has 2 heterocycles. The standard InChI is InChI=1S/C22H22ClN3O4S/c1-29-17-6-3-13(9-18(17)30-2)7-8-26-12-14(10-20(26)27)21(28)25-22-24-16-5-4-15(23)11-19(16)31-22/h3-6,9,11,14H,7-8,10,12H2,1-2H3,(H,24,25,28). The van der Waals surface area contributed by atoms with E-state index in [1.54, 1.807) is 25.2 Å². The number of methoxy groups -OCH3 is 2. The Morgan fingerprint density at radius 1 is 1.23 bits per heavy atom. The maximum atomic E-state index is 12.7. The number of likely N-dealkylation sites (tertiary alicyclic amines) is 1.